The summed E-state index contributed by atoms with van der Waals surface area (Å²) in [6.07, 6.45) is 1.58. The molecular weight excluding hydrogens is 428 g/mol. The Balaban J connectivity index is 1.37. The fourth-order valence-electron chi connectivity index (χ4n) is 3.69. The lowest BCUT2D eigenvalue weighted by molar-refractivity contribution is -0.146. The third-order valence-electron chi connectivity index (χ3n) is 5.21. The van der Waals surface area contributed by atoms with Gasteiger partial charge in [-0.05, 0) is 48.5 Å². The van der Waals surface area contributed by atoms with Gasteiger partial charge < -0.3 is 13.7 Å². The first-order chi connectivity index (χ1) is 15.6. The van der Waals surface area contributed by atoms with Gasteiger partial charge in [-0.25, -0.2) is 4.98 Å². The lowest BCUT2D eigenvalue weighted by Crippen LogP contribution is -2.18. The molecule has 0 saturated carbocycles. The molecule has 0 saturated heterocycles. The van der Waals surface area contributed by atoms with Crippen LogP contribution in [0.4, 0.5) is 0 Å². The molecule has 0 aliphatic heterocycles. The van der Waals surface area contributed by atoms with Gasteiger partial charge in [0.2, 0.25) is 5.89 Å². The number of halogens is 1. The second-order valence-corrected chi connectivity index (χ2v) is 7.67. The van der Waals surface area contributed by atoms with E-state index in [2.05, 4.69) is 4.98 Å². The van der Waals surface area contributed by atoms with Gasteiger partial charge in [0.1, 0.15) is 6.54 Å². The van der Waals surface area contributed by atoms with Crippen LogP contribution >= 0.6 is 11.6 Å². The fraction of sp³-hybridized carbons (Fsp3) is 0.0800. The van der Waals surface area contributed by atoms with Crippen molar-refractivity contribution in [1.29, 1.82) is 0 Å². The van der Waals surface area contributed by atoms with Crippen LogP contribution in [0.5, 0.6) is 0 Å². The molecule has 2 aromatic heterocycles. The predicted molar refractivity (Wildman–Crippen MR) is 122 cm³/mol. The number of pyridine rings is 1. The molecule has 0 amide bonds. The van der Waals surface area contributed by atoms with Gasteiger partial charge in [0, 0.05) is 21.4 Å². The van der Waals surface area contributed by atoms with Crippen molar-refractivity contribution < 1.29 is 13.9 Å². The standard InChI is InChI=1S/C25H17ClN2O4/c26-17-11-9-16(10-12-17)22-13-27-23(32-22)15-31-24(29)14-28-20-7-3-1-5-18(20)25(30)19-6-2-4-8-21(19)28/h1-13H,14-15H2. The Labute approximate surface area is 187 Å². The average Bonchev–Trinajstić information content (AvgIpc) is 3.30. The van der Waals surface area contributed by atoms with Crippen molar-refractivity contribution in [2.24, 2.45) is 0 Å². The molecule has 0 aliphatic carbocycles. The Morgan fingerprint density at radius 1 is 0.938 bits per heavy atom. The van der Waals surface area contributed by atoms with Gasteiger partial charge in [-0.2, -0.15) is 0 Å². The minimum Gasteiger partial charge on any atom is -0.454 e. The second-order valence-electron chi connectivity index (χ2n) is 7.24. The normalized spacial score (nSPS) is 11.2. The zero-order valence-electron chi connectivity index (χ0n) is 16.8. The molecule has 0 fully saturated rings. The summed E-state index contributed by atoms with van der Waals surface area (Å²) in [5.74, 6) is 0.387. The van der Waals surface area contributed by atoms with E-state index < -0.39 is 5.97 Å². The van der Waals surface area contributed by atoms with Crippen LogP contribution < -0.4 is 5.43 Å². The largest absolute Gasteiger partial charge is 0.454 e. The first kappa shape index (κ1) is 20.0. The highest BCUT2D eigenvalue weighted by atomic mass is 35.5. The molecule has 0 N–H and O–H groups in total. The number of oxazole rings is 1. The first-order valence-electron chi connectivity index (χ1n) is 9.97. The van der Waals surface area contributed by atoms with Crippen molar-refractivity contribution in [3.63, 3.8) is 0 Å². The van der Waals surface area contributed by atoms with E-state index in [1.54, 1.807) is 35.0 Å². The van der Waals surface area contributed by atoms with E-state index in [0.29, 0.717) is 32.6 Å². The number of nitrogens with zero attached hydrogens (tertiary/aromatic N) is 2. The number of rotatable bonds is 5. The molecule has 158 valence electrons. The fourth-order valence-corrected chi connectivity index (χ4v) is 3.81. The average molecular weight is 445 g/mol. The molecule has 2 heterocycles. The number of hydrogen-bond donors (Lipinski definition) is 0. The van der Waals surface area contributed by atoms with E-state index in [1.807, 2.05) is 48.5 Å². The summed E-state index contributed by atoms with van der Waals surface area (Å²) in [6.45, 7) is -0.144. The Morgan fingerprint density at radius 2 is 1.56 bits per heavy atom. The maximum absolute atomic E-state index is 12.8. The van der Waals surface area contributed by atoms with Gasteiger partial charge in [0.05, 0.1) is 17.2 Å². The number of ether oxygens (including phenoxy) is 1. The Kier molecular flexibility index (Phi) is 5.21. The number of hydrogen-bond acceptors (Lipinski definition) is 5. The van der Waals surface area contributed by atoms with Crippen LogP contribution in [-0.2, 0) is 22.7 Å². The Hall–Kier alpha value is -3.90. The van der Waals surface area contributed by atoms with Gasteiger partial charge in [0.25, 0.3) is 0 Å². The highest BCUT2D eigenvalue weighted by Crippen LogP contribution is 2.23. The van der Waals surface area contributed by atoms with E-state index >= 15 is 0 Å². The third-order valence-corrected chi connectivity index (χ3v) is 5.46. The van der Waals surface area contributed by atoms with Gasteiger partial charge >= 0.3 is 5.97 Å². The van der Waals surface area contributed by atoms with Gasteiger partial charge in [-0.15, -0.1) is 0 Å². The van der Waals surface area contributed by atoms with Crippen molar-refractivity contribution >= 4 is 39.4 Å². The smallest absolute Gasteiger partial charge is 0.326 e. The van der Waals surface area contributed by atoms with Crippen molar-refractivity contribution in [3.05, 3.63) is 100 Å². The molecule has 5 rings (SSSR count). The number of fused-ring (bicyclic) bond motifs is 2. The lowest BCUT2D eigenvalue weighted by atomic mass is 10.1. The highest BCUT2D eigenvalue weighted by molar-refractivity contribution is 6.30. The predicted octanol–water partition coefficient (Wildman–Crippen LogP) is 5.21. The molecule has 5 aromatic rings. The summed E-state index contributed by atoms with van der Waals surface area (Å²) >= 11 is 5.91. The third kappa shape index (κ3) is 3.76. The Morgan fingerprint density at radius 3 is 2.22 bits per heavy atom. The van der Waals surface area contributed by atoms with Crippen LogP contribution in [0.25, 0.3) is 33.1 Å². The summed E-state index contributed by atoms with van der Waals surface area (Å²) in [5, 5.41) is 1.74. The van der Waals surface area contributed by atoms with Crippen LogP contribution in [0, 0.1) is 0 Å². The first-order valence-corrected chi connectivity index (χ1v) is 10.3. The van der Waals surface area contributed by atoms with Crippen LogP contribution in [0.15, 0.2) is 88.2 Å². The number of aromatic nitrogens is 2. The van der Waals surface area contributed by atoms with E-state index in [-0.39, 0.29) is 24.5 Å². The molecular formula is C25H17ClN2O4. The van der Waals surface area contributed by atoms with Crippen LogP contribution in [-0.4, -0.2) is 15.5 Å². The molecule has 3 aromatic carbocycles. The summed E-state index contributed by atoms with van der Waals surface area (Å²) < 4.78 is 12.9. The highest BCUT2D eigenvalue weighted by Gasteiger charge is 2.15. The van der Waals surface area contributed by atoms with Crippen molar-refractivity contribution in [1.82, 2.24) is 9.55 Å². The Bertz CT molecular complexity index is 1440. The van der Waals surface area contributed by atoms with E-state index in [9.17, 15) is 9.59 Å². The molecule has 0 unspecified atom stereocenters. The van der Waals surface area contributed by atoms with Crippen LogP contribution in [0.3, 0.4) is 0 Å². The molecule has 7 heteroatoms. The topological polar surface area (TPSA) is 74.3 Å². The van der Waals surface area contributed by atoms with Crippen molar-refractivity contribution in [3.8, 4) is 11.3 Å². The van der Waals surface area contributed by atoms with Crippen LogP contribution in [0.2, 0.25) is 5.02 Å². The number of carbonyl (C=O) groups excluding carboxylic acids is 1. The van der Waals surface area contributed by atoms with Gasteiger partial charge in [0.15, 0.2) is 17.8 Å². The molecule has 0 bridgehead atoms. The number of benzene rings is 3. The zero-order valence-corrected chi connectivity index (χ0v) is 17.6. The quantitative estimate of drug-likeness (QED) is 0.275. The maximum atomic E-state index is 12.8. The number of carbonyl (C=O) groups is 1. The minimum atomic E-state index is -0.463. The SMILES string of the molecule is O=C(Cn1c2ccccc2c(=O)c2ccccc21)OCc1ncc(-c2ccc(Cl)cc2)o1. The minimum absolute atomic E-state index is 0.0495. The summed E-state index contributed by atoms with van der Waals surface area (Å²) in [7, 11) is 0. The van der Waals surface area contributed by atoms with E-state index in [1.165, 1.54) is 0 Å². The zero-order chi connectivity index (χ0) is 22.1. The van der Waals surface area contributed by atoms with E-state index in [0.717, 1.165) is 5.56 Å². The summed E-state index contributed by atoms with van der Waals surface area (Å²) in [6, 6.07) is 21.6. The summed E-state index contributed by atoms with van der Waals surface area (Å²) in [5.41, 5.74) is 2.12. The lowest BCUT2D eigenvalue weighted by Gasteiger charge is -2.14. The van der Waals surface area contributed by atoms with E-state index in [4.69, 9.17) is 20.8 Å². The molecule has 6 nitrogen and oxygen atoms in total. The summed E-state index contributed by atoms with van der Waals surface area (Å²) in [4.78, 5) is 29.7. The molecule has 0 spiro atoms. The number of para-hydroxylation sites is 2. The van der Waals surface area contributed by atoms with Gasteiger partial charge in [-0.1, -0.05) is 35.9 Å². The van der Waals surface area contributed by atoms with Crippen molar-refractivity contribution in [2.45, 2.75) is 13.2 Å². The molecule has 0 radical (unpaired) electrons. The monoisotopic (exact) mass is 444 g/mol. The van der Waals surface area contributed by atoms with Crippen molar-refractivity contribution in [2.75, 3.05) is 0 Å². The van der Waals surface area contributed by atoms with Gasteiger partial charge in [-0.3, -0.25) is 9.59 Å². The molecule has 32 heavy (non-hydrogen) atoms. The van der Waals surface area contributed by atoms with Crippen LogP contribution in [0.1, 0.15) is 5.89 Å². The second kappa shape index (κ2) is 8.32. The molecule has 0 atom stereocenters. The molecule has 0 aliphatic rings. The number of esters is 1. The maximum Gasteiger partial charge on any atom is 0.326 e.